The summed E-state index contributed by atoms with van der Waals surface area (Å²) in [5.74, 6) is -3.78. The number of aryl methyl sites for hydroxylation is 1. The molecule has 1 aromatic heterocycles. The van der Waals surface area contributed by atoms with Gasteiger partial charge in [-0.25, -0.2) is 4.79 Å². The molecule has 0 saturated carbocycles. The molecule has 0 aliphatic carbocycles. The highest BCUT2D eigenvalue weighted by atomic mass is 19.3. The van der Waals surface area contributed by atoms with Gasteiger partial charge in [-0.3, -0.25) is 4.57 Å². The van der Waals surface area contributed by atoms with Gasteiger partial charge < -0.3 is 20.7 Å². The molecule has 7 nitrogen and oxygen atoms in total. The van der Waals surface area contributed by atoms with Crippen molar-refractivity contribution >= 4 is 5.82 Å². The average Bonchev–Trinajstić information content (AvgIpc) is 2.62. The zero-order chi connectivity index (χ0) is 15.9. The van der Waals surface area contributed by atoms with Crippen LogP contribution in [0.3, 0.4) is 0 Å². The summed E-state index contributed by atoms with van der Waals surface area (Å²) in [6, 6.07) is 0. The first-order chi connectivity index (χ1) is 9.70. The van der Waals surface area contributed by atoms with Crippen molar-refractivity contribution in [2.45, 2.75) is 50.7 Å². The molecule has 4 unspecified atom stereocenters. The van der Waals surface area contributed by atoms with Gasteiger partial charge in [0.25, 0.3) is 0 Å². The maximum atomic E-state index is 14.1. The zero-order valence-electron chi connectivity index (χ0n) is 11.5. The van der Waals surface area contributed by atoms with Crippen molar-refractivity contribution < 1.29 is 23.7 Å². The molecular formula is C12H17F2N3O4. The third-order valence-corrected chi connectivity index (χ3v) is 3.49. The van der Waals surface area contributed by atoms with Crippen molar-refractivity contribution in [2.24, 2.45) is 0 Å². The molecule has 0 aromatic carbocycles. The lowest BCUT2D eigenvalue weighted by Crippen LogP contribution is -2.43. The van der Waals surface area contributed by atoms with E-state index in [1.807, 2.05) is 0 Å². The molecular weight excluding hydrogens is 288 g/mol. The number of hydrogen-bond donors (Lipinski definition) is 3. The second-order valence-electron chi connectivity index (χ2n) is 5.01. The number of aromatic nitrogens is 2. The first-order valence-corrected chi connectivity index (χ1v) is 6.47. The lowest BCUT2D eigenvalue weighted by atomic mass is 10.1. The minimum absolute atomic E-state index is 0.0345. The summed E-state index contributed by atoms with van der Waals surface area (Å²) in [6.45, 7) is 2.94. The Balaban J connectivity index is 2.49. The van der Waals surface area contributed by atoms with Crippen molar-refractivity contribution in [2.75, 3.05) is 5.73 Å². The van der Waals surface area contributed by atoms with Crippen molar-refractivity contribution in [3.05, 3.63) is 22.2 Å². The summed E-state index contributed by atoms with van der Waals surface area (Å²) in [6.07, 6.45) is -5.56. The van der Waals surface area contributed by atoms with Gasteiger partial charge in [-0.05, 0) is 13.3 Å². The second kappa shape index (κ2) is 5.32. The van der Waals surface area contributed by atoms with Crippen LogP contribution in [0.4, 0.5) is 14.6 Å². The number of nitrogen functional groups attached to an aromatic ring is 1. The van der Waals surface area contributed by atoms with E-state index in [0.717, 1.165) is 6.20 Å². The van der Waals surface area contributed by atoms with E-state index in [1.165, 1.54) is 6.92 Å². The topological polar surface area (TPSA) is 111 Å². The Labute approximate surface area is 119 Å². The molecule has 1 aromatic rings. The van der Waals surface area contributed by atoms with Gasteiger partial charge in [-0.2, -0.15) is 13.8 Å². The van der Waals surface area contributed by atoms with Crippen molar-refractivity contribution in [3.8, 4) is 0 Å². The number of nitrogens with zero attached hydrogens (tertiary/aromatic N) is 2. The number of aliphatic hydroxyl groups excluding tert-OH is 2. The van der Waals surface area contributed by atoms with E-state index < -0.39 is 36.2 Å². The third kappa shape index (κ3) is 2.52. The first kappa shape index (κ1) is 15.8. The lowest BCUT2D eigenvalue weighted by molar-refractivity contribution is -0.141. The van der Waals surface area contributed by atoms with E-state index in [9.17, 15) is 23.8 Å². The number of halogens is 2. The Hall–Kier alpha value is -1.58. The summed E-state index contributed by atoms with van der Waals surface area (Å²) in [5.41, 5.74) is 4.93. The van der Waals surface area contributed by atoms with Gasteiger partial charge >= 0.3 is 11.6 Å². The largest absolute Gasteiger partial charge is 0.391 e. The van der Waals surface area contributed by atoms with E-state index >= 15 is 0 Å². The average molecular weight is 305 g/mol. The van der Waals surface area contributed by atoms with E-state index in [0.29, 0.717) is 16.6 Å². The molecule has 4 N–H and O–H groups in total. The normalized spacial score (nSPS) is 29.5. The summed E-state index contributed by atoms with van der Waals surface area (Å²) in [5, 5.41) is 19.0. The fraction of sp³-hybridized carbons (Fsp3) is 0.667. The molecule has 0 spiro atoms. The van der Waals surface area contributed by atoms with Crippen LogP contribution in [0.25, 0.3) is 0 Å². The minimum atomic E-state index is -3.74. The van der Waals surface area contributed by atoms with E-state index in [2.05, 4.69) is 4.98 Å². The zero-order valence-corrected chi connectivity index (χ0v) is 11.5. The lowest BCUT2D eigenvalue weighted by Gasteiger charge is -2.21. The third-order valence-electron chi connectivity index (χ3n) is 3.49. The molecule has 0 bridgehead atoms. The summed E-state index contributed by atoms with van der Waals surface area (Å²) in [7, 11) is 0. The predicted octanol–water partition coefficient (Wildman–Crippen LogP) is -0.338. The Kier molecular flexibility index (Phi) is 4.00. The number of alkyl halides is 2. The highest BCUT2D eigenvalue weighted by Gasteiger charge is 2.60. The summed E-state index contributed by atoms with van der Waals surface area (Å²) < 4.78 is 33.8. The first-order valence-electron chi connectivity index (χ1n) is 6.47. The molecule has 1 aliphatic rings. The molecule has 2 rings (SSSR count). The van der Waals surface area contributed by atoms with Crippen LogP contribution in [-0.2, 0) is 11.2 Å². The Morgan fingerprint density at radius 3 is 2.71 bits per heavy atom. The van der Waals surface area contributed by atoms with E-state index in [-0.39, 0.29) is 5.82 Å². The van der Waals surface area contributed by atoms with Crippen LogP contribution in [0, 0.1) is 0 Å². The molecule has 21 heavy (non-hydrogen) atoms. The van der Waals surface area contributed by atoms with Crippen LogP contribution in [0.2, 0.25) is 0 Å². The van der Waals surface area contributed by atoms with Gasteiger partial charge in [0.1, 0.15) is 11.9 Å². The monoisotopic (exact) mass is 305 g/mol. The SMILES string of the molecule is CCc1cn(C2OC(C(C)O)C(O)C2(F)F)c(=O)nc1N. The van der Waals surface area contributed by atoms with E-state index in [1.54, 1.807) is 6.92 Å². The molecule has 1 saturated heterocycles. The highest BCUT2D eigenvalue weighted by Crippen LogP contribution is 2.43. The number of aliphatic hydroxyl groups is 2. The van der Waals surface area contributed by atoms with Gasteiger partial charge in [-0.15, -0.1) is 0 Å². The maximum Gasteiger partial charge on any atom is 0.351 e. The number of anilines is 1. The van der Waals surface area contributed by atoms with Crippen molar-refractivity contribution in [3.63, 3.8) is 0 Å². The number of nitrogens with two attached hydrogens (primary N) is 1. The standard InChI is InChI=1S/C12H17F2N3O4/c1-3-6-4-17(11(20)16-9(6)15)10-12(13,14)8(19)7(21-10)5(2)18/h4-5,7-8,10,18-19H,3H2,1-2H3,(H2,15,16,20). The van der Waals surface area contributed by atoms with Crippen LogP contribution in [-0.4, -0.2) is 44.0 Å². The fourth-order valence-electron chi connectivity index (χ4n) is 2.27. The van der Waals surface area contributed by atoms with Gasteiger partial charge in [-0.1, -0.05) is 6.92 Å². The fourth-order valence-corrected chi connectivity index (χ4v) is 2.27. The number of rotatable bonds is 3. The van der Waals surface area contributed by atoms with Crippen LogP contribution in [0.1, 0.15) is 25.6 Å². The smallest absolute Gasteiger partial charge is 0.351 e. The van der Waals surface area contributed by atoms with Crippen LogP contribution >= 0.6 is 0 Å². The Bertz CT molecular complexity index is 590. The van der Waals surface area contributed by atoms with Crippen LogP contribution < -0.4 is 11.4 Å². The molecule has 2 heterocycles. The highest BCUT2D eigenvalue weighted by molar-refractivity contribution is 5.36. The summed E-state index contributed by atoms with van der Waals surface area (Å²) >= 11 is 0. The molecule has 0 radical (unpaired) electrons. The molecule has 0 amide bonds. The molecule has 9 heteroatoms. The number of ether oxygens (including phenoxy) is 1. The van der Waals surface area contributed by atoms with Crippen LogP contribution in [0.5, 0.6) is 0 Å². The Morgan fingerprint density at radius 1 is 1.62 bits per heavy atom. The molecule has 1 aliphatic heterocycles. The van der Waals surface area contributed by atoms with E-state index in [4.69, 9.17) is 10.5 Å². The van der Waals surface area contributed by atoms with Gasteiger partial charge in [0.2, 0.25) is 6.23 Å². The summed E-state index contributed by atoms with van der Waals surface area (Å²) in [4.78, 5) is 15.3. The van der Waals surface area contributed by atoms with Crippen LogP contribution in [0.15, 0.2) is 11.0 Å². The van der Waals surface area contributed by atoms with Gasteiger partial charge in [0, 0.05) is 11.8 Å². The molecule has 118 valence electrons. The van der Waals surface area contributed by atoms with Crippen molar-refractivity contribution in [1.29, 1.82) is 0 Å². The predicted molar refractivity (Wildman–Crippen MR) is 68.8 cm³/mol. The minimum Gasteiger partial charge on any atom is -0.391 e. The maximum absolute atomic E-state index is 14.1. The molecule has 4 atom stereocenters. The van der Waals surface area contributed by atoms with Crippen molar-refractivity contribution in [1.82, 2.24) is 9.55 Å². The van der Waals surface area contributed by atoms with Gasteiger partial charge in [0.15, 0.2) is 6.10 Å². The quantitative estimate of drug-likeness (QED) is 0.705. The number of hydrogen-bond acceptors (Lipinski definition) is 6. The Morgan fingerprint density at radius 2 is 2.24 bits per heavy atom. The van der Waals surface area contributed by atoms with Gasteiger partial charge in [0.05, 0.1) is 6.10 Å². The molecule has 1 fully saturated rings. The second-order valence-corrected chi connectivity index (χ2v) is 5.01.